The van der Waals surface area contributed by atoms with Gasteiger partial charge in [0.2, 0.25) is 0 Å². The lowest BCUT2D eigenvalue weighted by Crippen LogP contribution is -2.27. The number of hydrogen-bond donors (Lipinski definition) is 1. The summed E-state index contributed by atoms with van der Waals surface area (Å²) in [4.78, 5) is 10.7. The normalized spacial score (nSPS) is 23.1. The van der Waals surface area contributed by atoms with Gasteiger partial charge >= 0.3 is 0 Å². The van der Waals surface area contributed by atoms with Gasteiger partial charge in [-0.2, -0.15) is 11.8 Å². The summed E-state index contributed by atoms with van der Waals surface area (Å²) in [5.74, 6) is 0. The lowest BCUT2D eigenvalue weighted by atomic mass is 9.94. The van der Waals surface area contributed by atoms with Crippen molar-refractivity contribution in [1.82, 2.24) is 0 Å². The van der Waals surface area contributed by atoms with Gasteiger partial charge in [0.15, 0.2) is 0 Å². The van der Waals surface area contributed by atoms with Gasteiger partial charge in [0.25, 0.3) is 5.69 Å². The fourth-order valence-corrected chi connectivity index (χ4v) is 3.33. The number of nitrogens with zero attached hydrogens (tertiary/aromatic N) is 1. The van der Waals surface area contributed by atoms with Crippen LogP contribution in [-0.4, -0.2) is 22.5 Å². The molecule has 19 heavy (non-hydrogen) atoms. The number of nitro groups is 1. The molecular formula is C14H20N2O2S. The summed E-state index contributed by atoms with van der Waals surface area (Å²) in [5.41, 5.74) is 1.89. The number of benzene rings is 1. The van der Waals surface area contributed by atoms with Crippen LogP contribution in [0.3, 0.4) is 0 Å². The minimum Gasteiger partial charge on any atom is -0.377 e. The van der Waals surface area contributed by atoms with Crippen molar-refractivity contribution < 1.29 is 4.92 Å². The summed E-state index contributed by atoms with van der Waals surface area (Å²) in [6, 6.07) is 5.61. The van der Waals surface area contributed by atoms with Crippen molar-refractivity contribution >= 4 is 23.1 Å². The van der Waals surface area contributed by atoms with E-state index in [-0.39, 0.29) is 10.6 Å². The Bertz CT molecular complexity index is 457. The molecule has 4 nitrogen and oxygen atoms in total. The van der Waals surface area contributed by atoms with Crippen LogP contribution in [0.2, 0.25) is 0 Å². The molecule has 1 N–H and O–H groups in total. The maximum atomic E-state index is 11.0. The van der Waals surface area contributed by atoms with E-state index in [1.807, 2.05) is 24.8 Å². The minimum atomic E-state index is -0.310. The van der Waals surface area contributed by atoms with E-state index >= 15 is 0 Å². The summed E-state index contributed by atoms with van der Waals surface area (Å²) in [7, 11) is 0. The summed E-state index contributed by atoms with van der Waals surface area (Å²) < 4.78 is 0. The Morgan fingerprint density at radius 2 is 2.00 bits per heavy atom. The molecule has 1 aromatic rings. The number of nitro benzene ring substituents is 1. The predicted molar refractivity (Wildman–Crippen MR) is 81.0 cm³/mol. The maximum absolute atomic E-state index is 11.0. The van der Waals surface area contributed by atoms with Crippen molar-refractivity contribution in [2.75, 3.05) is 11.6 Å². The SMILES string of the molecule is CSC1CCC(Nc2cc(C)ccc2[N+](=O)[O-])CC1. The van der Waals surface area contributed by atoms with Gasteiger partial charge in [0.05, 0.1) is 4.92 Å². The molecule has 104 valence electrons. The first-order valence-corrected chi connectivity index (χ1v) is 7.93. The molecule has 0 saturated heterocycles. The standard InChI is InChI=1S/C14H20N2O2S/c1-10-3-8-14(16(17)18)13(9-10)15-11-4-6-12(19-2)7-5-11/h3,8-9,11-12,15H,4-7H2,1-2H3. The third-order valence-electron chi connectivity index (χ3n) is 3.72. The second-order valence-corrected chi connectivity index (χ2v) is 6.27. The zero-order valence-corrected chi connectivity index (χ0v) is 12.2. The summed E-state index contributed by atoms with van der Waals surface area (Å²) in [6.45, 7) is 1.96. The van der Waals surface area contributed by atoms with Gasteiger partial charge in [-0.05, 0) is 50.5 Å². The van der Waals surface area contributed by atoms with Crippen molar-refractivity contribution in [1.29, 1.82) is 0 Å². The molecule has 1 aromatic carbocycles. The van der Waals surface area contributed by atoms with Crippen molar-refractivity contribution in [3.05, 3.63) is 33.9 Å². The first-order valence-electron chi connectivity index (χ1n) is 6.64. The van der Waals surface area contributed by atoms with Gasteiger partial charge in [-0.1, -0.05) is 6.07 Å². The predicted octanol–water partition coefficient (Wildman–Crippen LogP) is 3.99. The molecule has 0 aliphatic heterocycles. The fraction of sp³-hybridized carbons (Fsp3) is 0.571. The highest BCUT2D eigenvalue weighted by Gasteiger charge is 2.22. The zero-order chi connectivity index (χ0) is 13.8. The van der Waals surface area contributed by atoms with Crippen LogP contribution in [0, 0.1) is 17.0 Å². The van der Waals surface area contributed by atoms with E-state index in [9.17, 15) is 10.1 Å². The van der Waals surface area contributed by atoms with E-state index in [0.29, 0.717) is 11.7 Å². The highest BCUT2D eigenvalue weighted by molar-refractivity contribution is 7.99. The topological polar surface area (TPSA) is 55.2 Å². The van der Waals surface area contributed by atoms with Gasteiger partial charge in [-0.15, -0.1) is 0 Å². The van der Waals surface area contributed by atoms with E-state index < -0.39 is 0 Å². The lowest BCUT2D eigenvalue weighted by molar-refractivity contribution is -0.384. The average Bonchev–Trinajstić information content (AvgIpc) is 2.39. The van der Waals surface area contributed by atoms with Gasteiger partial charge in [-0.3, -0.25) is 10.1 Å². The number of nitrogens with one attached hydrogen (secondary N) is 1. The van der Waals surface area contributed by atoms with E-state index in [0.717, 1.165) is 23.7 Å². The molecule has 0 heterocycles. The Balaban J connectivity index is 2.06. The quantitative estimate of drug-likeness (QED) is 0.669. The molecule has 0 atom stereocenters. The van der Waals surface area contributed by atoms with E-state index in [1.165, 1.54) is 12.8 Å². The molecule has 0 spiro atoms. The molecule has 0 bridgehead atoms. The average molecular weight is 280 g/mol. The Labute approximate surface area is 118 Å². The van der Waals surface area contributed by atoms with Crippen LogP contribution in [0.5, 0.6) is 0 Å². The molecule has 0 amide bonds. The molecule has 0 radical (unpaired) electrons. The third kappa shape index (κ3) is 3.62. The van der Waals surface area contributed by atoms with Crippen LogP contribution in [0.1, 0.15) is 31.2 Å². The van der Waals surface area contributed by atoms with Crippen LogP contribution < -0.4 is 5.32 Å². The molecule has 1 saturated carbocycles. The number of hydrogen-bond acceptors (Lipinski definition) is 4. The highest BCUT2D eigenvalue weighted by Crippen LogP contribution is 2.31. The van der Waals surface area contributed by atoms with Crippen molar-refractivity contribution in [2.45, 2.75) is 43.9 Å². The van der Waals surface area contributed by atoms with Crippen LogP contribution in [-0.2, 0) is 0 Å². The minimum absolute atomic E-state index is 0.178. The van der Waals surface area contributed by atoms with E-state index in [2.05, 4.69) is 11.6 Å². The second-order valence-electron chi connectivity index (χ2n) is 5.13. The molecule has 1 fully saturated rings. The van der Waals surface area contributed by atoms with Gasteiger partial charge in [0.1, 0.15) is 5.69 Å². The Hall–Kier alpha value is -1.23. The van der Waals surface area contributed by atoms with Gasteiger partial charge in [-0.25, -0.2) is 0 Å². The monoisotopic (exact) mass is 280 g/mol. The first kappa shape index (κ1) is 14.2. The summed E-state index contributed by atoms with van der Waals surface area (Å²) in [5, 5.41) is 15.2. The first-order chi connectivity index (χ1) is 9.10. The molecule has 1 aliphatic carbocycles. The molecule has 0 unspecified atom stereocenters. The lowest BCUT2D eigenvalue weighted by Gasteiger charge is -2.28. The number of aryl methyl sites for hydroxylation is 1. The number of thioether (sulfide) groups is 1. The Morgan fingerprint density at radius 3 is 2.58 bits per heavy atom. The molecule has 5 heteroatoms. The Kier molecular flexibility index (Phi) is 4.69. The number of rotatable bonds is 4. The molecular weight excluding hydrogens is 260 g/mol. The maximum Gasteiger partial charge on any atom is 0.292 e. The van der Waals surface area contributed by atoms with Crippen LogP contribution in [0.4, 0.5) is 11.4 Å². The summed E-state index contributed by atoms with van der Waals surface area (Å²) in [6.07, 6.45) is 6.73. The van der Waals surface area contributed by atoms with Crippen LogP contribution >= 0.6 is 11.8 Å². The third-order valence-corrected chi connectivity index (χ3v) is 4.85. The van der Waals surface area contributed by atoms with Crippen molar-refractivity contribution in [2.24, 2.45) is 0 Å². The van der Waals surface area contributed by atoms with E-state index in [1.54, 1.807) is 12.1 Å². The molecule has 2 rings (SSSR count). The smallest absolute Gasteiger partial charge is 0.292 e. The van der Waals surface area contributed by atoms with Crippen molar-refractivity contribution in [3.63, 3.8) is 0 Å². The largest absolute Gasteiger partial charge is 0.377 e. The summed E-state index contributed by atoms with van der Waals surface area (Å²) >= 11 is 1.93. The van der Waals surface area contributed by atoms with Crippen molar-refractivity contribution in [3.8, 4) is 0 Å². The Morgan fingerprint density at radius 1 is 1.32 bits per heavy atom. The zero-order valence-electron chi connectivity index (χ0n) is 11.4. The van der Waals surface area contributed by atoms with Gasteiger partial charge < -0.3 is 5.32 Å². The fourth-order valence-electron chi connectivity index (χ4n) is 2.59. The second kappa shape index (κ2) is 6.28. The highest BCUT2D eigenvalue weighted by atomic mass is 32.2. The number of anilines is 1. The van der Waals surface area contributed by atoms with Gasteiger partial charge in [0, 0.05) is 17.4 Å². The molecule has 1 aliphatic rings. The van der Waals surface area contributed by atoms with Crippen LogP contribution in [0.25, 0.3) is 0 Å². The van der Waals surface area contributed by atoms with Crippen LogP contribution in [0.15, 0.2) is 18.2 Å². The van der Waals surface area contributed by atoms with E-state index in [4.69, 9.17) is 0 Å². The molecule has 0 aromatic heterocycles.